The molecule has 0 saturated carbocycles. The van der Waals surface area contributed by atoms with Crippen molar-refractivity contribution < 1.29 is 23.0 Å². The molecular weight excluding hydrogens is 679 g/mol. The average Bonchev–Trinajstić information content (AvgIpc) is 3.19. The third-order valence-electron chi connectivity index (χ3n) is 8.58. The summed E-state index contributed by atoms with van der Waals surface area (Å²) in [7, 11) is 0. The van der Waals surface area contributed by atoms with Gasteiger partial charge in [0.2, 0.25) is 0 Å². The molecule has 0 heterocycles. The molecule has 0 radical (unpaired) electrons. The first kappa shape index (κ1) is 30.0. The van der Waals surface area contributed by atoms with Gasteiger partial charge in [0.05, 0.1) is 14.8 Å². The molecule has 0 aromatic heterocycles. The Morgan fingerprint density at radius 3 is 1.13 bits per heavy atom. The van der Waals surface area contributed by atoms with Gasteiger partial charge in [0, 0.05) is 44.6 Å². The van der Waals surface area contributed by atoms with E-state index in [0.717, 1.165) is 0 Å². The topological polar surface area (TPSA) is 129 Å². The molecule has 0 saturated heterocycles. The predicted octanol–water partition coefficient (Wildman–Crippen LogP) is 11.9. The highest BCUT2D eigenvalue weighted by Gasteiger charge is 2.15. The molecule has 0 N–H and O–H groups in total. The third-order valence-corrected chi connectivity index (χ3v) is 8.58. The van der Waals surface area contributed by atoms with Gasteiger partial charge >= 0.3 is 0 Å². The summed E-state index contributed by atoms with van der Waals surface area (Å²) in [4.78, 5) is 32.7. The largest absolute Gasteiger partial charge is 0.269 e. The number of hydrogen-bond donors (Lipinski definition) is 0. The van der Waals surface area contributed by atoms with E-state index in [2.05, 4.69) is 0 Å². The molecule has 6 aromatic rings. The van der Waals surface area contributed by atoms with Crippen LogP contribution in [0.4, 0.5) is 17.1 Å². The van der Waals surface area contributed by atoms with Crippen LogP contribution in [-0.2, 0) is 19.1 Å². The summed E-state index contributed by atoms with van der Waals surface area (Å²) in [5.41, 5.74) is 3.32. The second-order valence-corrected chi connectivity index (χ2v) is 14.3. The zero-order valence-corrected chi connectivity index (χ0v) is 30.1. The van der Waals surface area contributed by atoms with E-state index in [0.29, 0.717) is 38.9 Å². The first-order chi connectivity index (χ1) is 27.9. The highest BCUT2D eigenvalue weighted by Crippen LogP contribution is 2.32. The minimum atomic E-state index is -2.40. The molecule has 0 unspecified atom stereocenters. The maximum atomic E-state index is 11.5. The van der Waals surface area contributed by atoms with Gasteiger partial charge in [0.25, 0.3) is 17.1 Å². The van der Waals surface area contributed by atoms with Crippen LogP contribution in [-0.4, -0.2) is 14.8 Å². The van der Waals surface area contributed by atoms with Gasteiger partial charge in [-0.05, 0) is 135 Å². The van der Waals surface area contributed by atoms with E-state index < -0.39 is 39.3 Å². The summed E-state index contributed by atoms with van der Waals surface area (Å²) >= 11 is 0. The van der Waals surface area contributed by atoms with Crippen molar-refractivity contribution in [3.05, 3.63) is 191 Å². The normalized spacial score (nSPS) is 13.8. The maximum absolute atomic E-state index is 11.5. The van der Waals surface area contributed by atoms with Crippen molar-refractivity contribution in [1.82, 2.24) is 0 Å². The quantitative estimate of drug-likeness (QED) is 0.0912. The minimum Gasteiger partial charge on any atom is -0.258 e. The van der Waals surface area contributed by atoms with Crippen molar-refractivity contribution in [2.75, 3.05) is 0 Å². The van der Waals surface area contributed by atoms with Crippen LogP contribution in [0.5, 0.6) is 0 Å². The highest BCUT2D eigenvalue weighted by molar-refractivity contribution is 5.70. The van der Waals surface area contributed by atoms with Gasteiger partial charge in [-0.15, -0.1) is 0 Å². The van der Waals surface area contributed by atoms with Crippen molar-refractivity contribution in [3.8, 4) is 33.4 Å². The fourth-order valence-electron chi connectivity index (χ4n) is 5.96. The lowest BCUT2D eigenvalue weighted by Crippen LogP contribution is -2.06. The number of aryl methyl sites for hydroxylation is 2. The number of benzene rings is 6. The van der Waals surface area contributed by atoms with Gasteiger partial charge in [-0.2, -0.15) is 0 Å². The molecule has 0 fully saturated rings. The summed E-state index contributed by atoms with van der Waals surface area (Å²) in [6, 6.07) is 31.5. The molecule has 0 atom stereocenters. The number of nitrogens with zero attached hydrogens (tertiary/aromatic N) is 3. The molecule has 0 aliphatic heterocycles. The molecule has 0 spiro atoms. The number of rotatable bonds is 12. The zero-order chi connectivity index (χ0) is 43.9. The van der Waals surface area contributed by atoms with E-state index in [9.17, 15) is 35.8 Å². The molecule has 9 nitrogen and oxygen atoms in total. The molecule has 54 heavy (non-hydrogen) atoms. The summed E-state index contributed by atoms with van der Waals surface area (Å²) in [5.74, 6) is 0. The van der Waals surface area contributed by atoms with Crippen LogP contribution in [0.15, 0.2) is 127 Å². The molecule has 0 bridgehead atoms. The highest BCUT2D eigenvalue weighted by atomic mass is 16.6. The van der Waals surface area contributed by atoms with Gasteiger partial charge < -0.3 is 0 Å². The van der Waals surface area contributed by atoms with Crippen LogP contribution in [0.25, 0.3) is 33.4 Å². The molecule has 9 heteroatoms. The summed E-state index contributed by atoms with van der Waals surface area (Å²) < 4.78 is 56.9. The van der Waals surface area contributed by atoms with Crippen LogP contribution >= 0.6 is 0 Å². The zero-order valence-electron chi connectivity index (χ0n) is 36.1. The fraction of sp³-hybridized carbons (Fsp3) is 0.200. The van der Waals surface area contributed by atoms with E-state index in [1.807, 2.05) is 26.8 Å². The molecule has 6 rings (SSSR count). The second kappa shape index (κ2) is 15.6. The SMILES string of the molecule is [2H]C([2H])(CC(C)(C)C)c1cc(-c2ccc([N+](=O)[O-])cc2)cc(C([2H])([2H])c2cc(-c3ccc([N+](=O)[O-])cc3)cc(C([2H])([2H])c3cc(C)cc(-c4ccc([N+](=O)[O-])cc4)c3)c2)c1. The van der Waals surface area contributed by atoms with Crippen LogP contribution in [0.3, 0.4) is 0 Å². The minimum absolute atomic E-state index is 0.0173. The molecule has 0 aliphatic rings. The van der Waals surface area contributed by atoms with E-state index in [1.54, 1.807) is 55.5 Å². The lowest BCUT2D eigenvalue weighted by atomic mass is 9.87. The lowest BCUT2D eigenvalue weighted by molar-refractivity contribution is -0.385. The second-order valence-electron chi connectivity index (χ2n) is 14.3. The van der Waals surface area contributed by atoms with Gasteiger partial charge in [0.15, 0.2) is 0 Å². The van der Waals surface area contributed by atoms with Crippen LogP contribution < -0.4 is 0 Å². The average molecular weight is 726 g/mol. The van der Waals surface area contributed by atoms with E-state index >= 15 is 0 Å². The van der Waals surface area contributed by atoms with Gasteiger partial charge in [-0.1, -0.05) is 80.9 Å². The summed E-state index contributed by atoms with van der Waals surface area (Å²) in [6.07, 6.45) is -6.51. The first-order valence-electron chi connectivity index (χ1n) is 20.1. The monoisotopic (exact) mass is 725 g/mol. The molecule has 6 aromatic carbocycles. The Kier molecular flexibility index (Phi) is 8.69. The van der Waals surface area contributed by atoms with Crippen molar-refractivity contribution in [3.63, 3.8) is 0 Å². The van der Waals surface area contributed by atoms with Crippen LogP contribution in [0, 0.1) is 42.7 Å². The smallest absolute Gasteiger partial charge is 0.258 e. The third kappa shape index (κ3) is 9.49. The fourth-order valence-corrected chi connectivity index (χ4v) is 5.96. The number of nitro benzene ring substituents is 3. The van der Waals surface area contributed by atoms with Crippen molar-refractivity contribution in [1.29, 1.82) is 0 Å². The molecule has 0 amide bonds. The van der Waals surface area contributed by atoms with E-state index in [-0.39, 0.29) is 51.3 Å². The van der Waals surface area contributed by atoms with Crippen molar-refractivity contribution >= 4 is 17.1 Å². The Morgan fingerprint density at radius 1 is 0.463 bits per heavy atom. The van der Waals surface area contributed by atoms with Crippen LogP contribution in [0.2, 0.25) is 0 Å². The summed E-state index contributed by atoms with van der Waals surface area (Å²) in [6.45, 7) is 7.48. The van der Waals surface area contributed by atoms with Gasteiger partial charge in [-0.3, -0.25) is 30.3 Å². The Labute approximate surface area is 322 Å². The van der Waals surface area contributed by atoms with Crippen LogP contribution in [0.1, 0.15) is 68.8 Å². The molecule has 0 aliphatic carbocycles. The standard InChI is InChI=1S/C45H41N3O6/c1-30-19-32(26-39(20-30)36-5-11-42(12-6-36)46(49)50)22-34-24-35(29-41(28-34)38-9-15-44(16-10-38)48(53)54)23-33-21-31(17-18-45(2,3)4)25-40(27-33)37-7-13-43(14-8-37)47(51)52/h5-16,19-21,24-29H,17-18,22-23H2,1-4H3/i17D2,22D2,23D2. The van der Waals surface area contributed by atoms with E-state index in [1.165, 1.54) is 72.8 Å². The van der Waals surface area contributed by atoms with Gasteiger partial charge in [0.1, 0.15) is 0 Å². The Balaban J connectivity index is 1.56. The lowest BCUT2D eigenvalue weighted by Gasteiger charge is -2.19. The Hall–Kier alpha value is -6.48. The van der Waals surface area contributed by atoms with Crippen molar-refractivity contribution in [2.45, 2.75) is 53.2 Å². The van der Waals surface area contributed by atoms with E-state index in [4.69, 9.17) is 2.74 Å². The first-order valence-corrected chi connectivity index (χ1v) is 17.1. The number of nitro groups is 3. The molecule has 272 valence electrons. The Morgan fingerprint density at radius 2 is 0.778 bits per heavy atom. The summed E-state index contributed by atoms with van der Waals surface area (Å²) in [5, 5.41) is 34.2. The Bertz CT molecular complexity index is 2630. The number of hydrogen-bond acceptors (Lipinski definition) is 6. The van der Waals surface area contributed by atoms with Gasteiger partial charge in [-0.25, -0.2) is 0 Å². The predicted molar refractivity (Wildman–Crippen MR) is 214 cm³/mol. The number of non-ortho nitro benzene ring substituents is 3. The van der Waals surface area contributed by atoms with Crippen molar-refractivity contribution in [2.24, 2.45) is 5.41 Å². The molecular formula is C45H41N3O6. The maximum Gasteiger partial charge on any atom is 0.269 e.